The molecule has 30 heavy (non-hydrogen) atoms. The maximum absolute atomic E-state index is 12.7. The zero-order valence-electron chi connectivity index (χ0n) is 17.7. The second kappa shape index (κ2) is 9.71. The molecule has 0 spiro atoms. The van der Waals surface area contributed by atoms with Crippen LogP contribution < -0.4 is 10.6 Å². The second-order valence-corrected chi connectivity index (χ2v) is 8.12. The third kappa shape index (κ3) is 5.57. The smallest absolute Gasteiger partial charge is 0.257 e. The van der Waals surface area contributed by atoms with Gasteiger partial charge in [-0.2, -0.15) is 5.10 Å². The van der Waals surface area contributed by atoms with Crippen molar-refractivity contribution in [3.63, 3.8) is 0 Å². The maximum atomic E-state index is 12.7. The van der Waals surface area contributed by atoms with Crippen LogP contribution in [0.5, 0.6) is 0 Å². The molecule has 6 nitrogen and oxygen atoms in total. The number of nitrogens with zero attached hydrogens (tertiary/aromatic N) is 3. The third-order valence-corrected chi connectivity index (χ3v) is 5.44. The summed E-state index contributed by atoms with van der Waals surface area (Å²) in [4.78, 5) is 17.4. The summed E-state index contributed by atoms with van der Waals surface area (Å²) >= 11 is 3.44. The van der Waals surface area contributed by atoms with Crippen molar-refractivity contribution in [2.45, 2.75) is 27.2 Å². The fourth-order valence-electron chi connectivity index (χ4n) is 3.21. The summed E-state index contributed by atoms with van der Waals surface area (Å²) in [5.74, 6) is 0.221. The minimum Gasteiger partial charge on any atom is -0.326 e. The lowest BCUT2D eigenvalue weighted by molar-refractivity contribution is 0.0977. The fraction of sp³-hybridized carbons (Fsp3) is 0.261. The number of nitrogens with one attached hydrogen (secondary N) is 2. The van der Waals surface area contributed by atoms with Gasteiger partial charge in [0.2, 0.25) is 5.96 Å². The van der Waals surface area contributed by atoms with Crippen LogP contribution in [-0.4, -0.2) is 28.2 Å². The van der Waals surface area contributed by atoms with E-state index in [1.54, 1.807) is 6.07 Å². The van der Waals surface area contributed by atoms with Crippen LogP contribution in [0, 0.1) is 20.8 Å². The molecule has 2 aromatic carbocycles. The molecule has 0 saturated carbocycles. The number of anilines is 1. The maximum Gasteiger partial charge on any atom is 0.257 e. The van der Waals surface area contributed by atoms with Crippen molar-refractivity contribution in [1.29, 1.82) is 0 Å². The van der Waals surface area contributed by atoms with Gasteiger partial charge in [-0.1, -0.05) is 33.6 Å². The number of amides is 1. The van der Waals surface area contributed by atoms with Gasteiger partial charge < -0.3 is 5.32 Å². The Kier molecular flexibility index (Phi) is 7.05. The predicted octanol–water partition coefficient (Wildman–Crippen LogP) is 4.55. The predicted molar refractivity (Wildman–Crippen MR) is 125 cm³/mol. The summed E-state index contributed by atoms with van der Waals surface area (Å²) < 4.78 is 2.87. The molecule has 0 aliphatic carbocycles. The van der Waals surface area contributed by atoms with Crippen molar-refractivity contribution in [2.24, 2.45) is 12.0 Å². The molecular formula is C23H26BrN5O. The van der Waals surface area contributed by atoms with Crippen LogP contribution in [-0.2, 0) is 13.5 Å². The lowest BCUT2D eigenvalue weighted by Crippen LogP contribution is -2.36. The molecule has 0 radical (unpaired) electrons. The Morgan fingerprint density at radius 1 is 1.13 bits per heavy atom. The Labute approximate surface area is 185 Å². The van der Waals surface area contributed by atoms with Gasteiger partial charge in [-0.25, -0.2) is 0 Å². The SMILES string of the molecule is Cc1cccc(C(=O)NC(=NCCc2c(C)nn(C)c2C)Nc2ccc(Br)cc2)c1. The highest BCUT2D eigenvalue weighted by molar-refractivity contribution is 9.10. The third-order valence-electron chi connectivity index (χ3n) is 4.91. The van der Waals surface area contributed by atoms with Gasteiger partial charge in [0.25, 0.3) is 5.91 Å². The van der Waals surface area contributed by atoms with Gasteiger partial charge in [0.15, 0.2) is 0 Å². The minimum atomic E-state index is -0.198. The van der Waals surface area contributed by atoms with Gasteiger partial charge in [0.1, 0.15) is 0 Å². The minimum absolute atomic E-state index is 0.198. The van der Waals surface area contributed by atoms with Crippen LogP contribution in [0.2, 0.25) is 0 Å². The van der Waals surface area contributed by atoms with E-state index < -0.39 is 0 Å². The molecule has 3 rings (SSSR count). The van der Waals surface area contributed by atoms with Gasteiger partial charge >= 0.3 is 0 Å². The van der Waals surface area contributed by atoms with Crippen LogP contribution in [0.4, 0.5) is 5.69 Å². The normalized spacial score (nSPS) is 11.4. The quantitative estimate of drug-likeness (QED) is 0.427. The molecule has 0 aliphatic rings. The van der Waals surface area contributed by atoms with E-state index in [4.69, 9.17) is 0 Å². The number of benzene rings is 2. The molecule has 1 heterocycles. The van der Waals surface area contributed by atoms with Crippen molar-refractivity contribution in [1.82, 2.24) is 15.1 Å². The lowest BCUT2D eigenvalue weighted by Gasteiger charge is -2.12. The number of hydrogen-bond donors (Lipinski definition) is 2. The number of carbonyl (C=O) groups is 1. The first kappa shape index (κ1) is 21.8. The molecule has 3 aromatic rings. The summed E-state index contributed by atoms with van der Waals surface area (Å²) in [7, 11) is 1.94. The highest BCUT2D eigenvalue weighted by Gasteiger charge is 2.11. The van der Waals surface area contributed by atoms with E-state index in [0.29, 0.717) is 18.1 Å². The van der Waals surface area contributed by atoms with Gasteiger partial charge in [0.05, 0.1) is 5.69 Å². The number of hydrogen-bond acceptors (Lipinski definition) is 3. The first-order valence-electron chi connectivity index (χ1n) is 9.77. The Bertz CT molecular complexity index is 1070. The monoisotopic (exact) mass is 467 g/mol. The Morgan fingerprint density at radius 2 is 1.87 bits per heavy atom. The molecule has 0 fully saturated rings. The molecule has 1 amide bonds. The van der Waals surface area contributed by atoms with Crippen LogP contribution in [0.3, 0.4) is 0 Å². The van der Waals surface area contributed by atoms with E-state index in [-0.39, 0.29) is 5.91 Å². The molecule has 0 aliphatic heterocycles. The molecular weight excluding hydrogens is 442 g/mol. The Morgan fingerprint density at radius 3 is 2.50 bits per heavy atom. The molecule has 7 heteroatoms. The molecule has 0 saturated heterocycles. The molecule has 1 aromatic heterocycles. The first-order chi connectivity index (χ1) is 14.3. The molecule has 2 N–H and O–H groups in total. The molecule has 156 valence electrons. The Balaban J connectivity index is 1.78. The van der Waals surface area contributed by atoms with Gasteiger partial charge in [-0.3, -0.25) is 19.8 Å². The average Bonchev–Trinajstić information content (AvgIpc) is 2.95. The molecule has 0 bridgehead atoms. The first-order valence-corrected chi connectivity index (χ1v) is 10.6. The van der Waals surface area contributed by atoms with Crippen LogP contribution in [0.15, 0.2) is 58.0 Å². The van der Waals surface area contributed by atoms with Gasteiger partial charge in [-0.15, -0.1) is 0 Å². The van der Waals surface area contributed by atoms with Crippen molar-refractivity contribution >= 4 is 33.5 Å². The zero-order chi connectivity index (χ0) is 21.7. The van der Waals surface area contributed by atoms with Crippen LogP contribution in [0.25, 0.3) is 0 Å². The number of aryl methyl sites for hydroxylation is 3. The number of aromatic nitrogens is 2. The van der Waals surface area contributed by atoms with Gasteiger partial charge in [-0.05, 0) is 69.2 Å². The van der Waals surface area contributed by atoms with E-state index in [1.165, 1.54) is 5.56 Å². The van der Waals surface area contributed by atoms with Crippen molar-refractivity contribution in [2.75, 3.05) is 11.9 Å². The number of aliphatic imine (C=N–C) groups is 1. The molecule has 0 unspecified atom stereocenters. The standard InChI is InChI=1S/C23H26BrN5O/c1-15-6-5-7-18(14-15)22(30)27-23(26-20-10-8-19(24)9-11-20)25-13-12-21-16(2)28-29(4)17(21)3/h5-11,14H,12-13H2,1-4H3,(H2,25,26,27,30). The van der Waals surface area contributed by atoms with Gasteiger partial charge in [0, 0.05) is 35.0 Å². The molecule has 0 atom stereocenters. The second-order valence-electron chi connectivity index (χ2n) is 7.21. The number of rotatable bonds is 5. The van der Waals surface area contributed by atoms with Crippen LogP contribution in [0.1, 0.15) is 32.9 Å². The summed E-state index contributed by atoms with van der Waals surface area (Å²) in [5, 5.41) is 10.6. The highest BCUT2D eigenvalue weighted by atomic mass is 79.9. The average molecular weight is 468 g/mol. The summed E-state index contributed by atoms with van der Waals surface area (Å²) in [6, 6.07) is 15.2. The van der Waals surface area contributed by atoms with E-state index in [2.05, 4.69) is 43.6 Å². The number of carbonyl (C=O) groups excluding carboxylic acids is 1. The van der Waals surface area contributed by atoms with E-state index in [9.17, 15) is 4.79 Å². The van der Waals surface area contributed by atoms with E-state index in [0.717, 1.165) is 33.5 Å². The fourth-order valence-corrected chi connectivity index (χ4v) is 3.47. The van der Waals surface area contributed by atoms with Crippen molar-refractivity contribution < 1.29 is 4.79 Å². The Hall–Kier alpha value is -2.93. The van der Waals surface area contributed by atoms with E-state index in [1.807, 2.05) is 68.0 Å². The summed E-state index contributed by atoms with van der Waals surface area (Å²) in [6.45, 7) is 6.55. The van der Waals surface area contributed by atoms with E-state index >= 15 is 0 Å². The van der Waals surface area contributed by atoms with Crippen LogP contribution >= 0.6 is 15.9 Å². The summed E-state index contributed by atoms with van der Waals surface area (Å²) in [5.41, 5.74) is 5.80. The number of halogens is 1. The van der Waals surface area contributed by atoms with Crippen molar-refractivity contribution in [3.8, 4) is 0 Å². The highest BCUT2D eigenvalue weighted by Crippen LogP contribution is 2.15. The van der Waals surface area contributed by atoms with Crippen molar-refractivity contribution in [3.05, 3.63) is 81.1 Å². The summed E-state index contributed by atoms with van der Waals surface area (Å²) in [6.07, 6.45) is 0.747. The lowest BCUT2D eigenvalue weighted by atomic mass is 10.1. The largest absolute Gasteiger partial charge is 0.326 e. The zero-order valence-corrected chi connectivity index (χ0v) is 19.2. The number of guanidine groups is 1. The topological polar surface area (TPSA) is 71.3 Å².